The smallest absolute Gasteiger partial charge is 0.309 e. The Morgan fingerprint density at radius 3 is 2.40 bits per heavy atom. The number of hydrogen-bond donors (Lipinski definition) is 1. The van der Waals surface area contributed by atoms with Crippen LogP contribution in [0.5, 0.6) is 0 Å². The minimum Gasteiger partial charge on any atom is -0.309 e. The molecule has 0 aliphatic rings. The van der Waals surface area contributed by atoms with E-state index in [2.05, 4.69) is 4.72 Å². The summed E-state index contributed by atoms with van der Waals surface area (Å²) in [5.74, 6) is 0. The Morgan fingerprint density at radius 2 is 1.85 bits per heavy atom. The molecule has 1 N–H and O–H groups in total. The van der Waals surface area contributed by atoms with Gasteiger partial charge in [-0.3, -0.25) is 9.36 Å². The normalized spacial score (nSPS) is 12.1. The molecule has 0 radical (unpaired) electrons. The molecule has 1 aromatic heterocycles. The highest BCUT2D eigenvalue weighted by molar-refractivity contribution is 7.89. The largest absolute Gasteiger partial charge is 0.330 e. The van der Waals surface area contributed by atoms with Crippen LogP contribution in [0.25, 0.3) is 0 Å². The fourth-order valence-corrected chi connectivity index (χ4v) is 2.87. The maximum Gasteiger partial charge on any atom is 0.330 e. The summed E-state index contributed by atoms with van der Waals surface area (Å²) in [6.45, 7) is 0.959. The maximum atomic E-state index is 12.1. The van der Waals surface area contributed by atoms with Crippen LogP contribution in [0.15, 0.2) is 20.7 Å². The molecule has 1 heterocycles. The molecule has 0 aliphatic carbocycles. The number of nitrogens with zero attached hydrogens (tertiary/aromatic N) is 3. The van der Waals surface area contributed by atoms with Gasteiger partial charge in [0.25, 0.3) is 5.56 Å². The van der Waals surface area contributed by atoms with Crippen LogP contribution < -0.4 is 16.0 Å². The zero-order valence-electron chi connectivity index (χ0n) is 12.1. The molecule has 0 aliphatic heterocycles. The Balaban J connectivity index is 3.00. The highest BCUT2D eigenvalue weighted by atomic mass is 32.2. The molecule has 1 rings (SSSR count). The maximum absolute atomic E-state index is 12.1. The van der Waals surface area contributed by atoms with Gasteiger partial charge in [0, 0.05) is 26.8 Å². The fraction of sp³-hybridized carbons (Fsp3) is 0.636. The van der Waals surface area contributed by atoms with Gasteiger partial charge in [0.2, 0.25) is 10.0 Å². The van der Waals surface area contributed by atoms with Crippen molar-refractivity contribution in [3.8, 4) is 0 Å². The van der Waals surface area contributed by atoms with Crippen molar-refractivity contribution < 1.29 is 8.42 Å². The molecule has 0 bridgehead atoms. The van der Waals surface area contributed by atoms with E-state index in [1.165, 1.54) is 14.1 Å². The lowest BCUT2D eigenvalue weighted by Crippen LogP contribution is -2.41. The zero-order chi connectivity index (χ0) is 15.5. The average molecular weight is 304 g/mol. The molecule has 9 heteroatoms. The molecule has 0 saturated heterocycles. The molecular weight excluding hydrogens is 284 g/mol. The van der Waals surface area contributed by atoms with Gasteiger partial charge >= 0.3 is 5.69 Å². The minimum atomic E-state index is -3.91. The lowest BCUT2D eigenvalue weighted by atomic mass is 10.4. The van der Waals surface area contributed by atoms with Crippen molar-refractivity contribution in [2.24, 2.45) is 14.1 Å². The van der Waals surface area contributed by atoms with Gasteiger partial charge < -0.3 is 9.47 Å². The van der Waals surface area contributed by atoms with E-state index in [1.54, 1.807) is 0 Å². The monoisotopic (exact) mass is 304 g/mol. The summed E-state index contributed by atoms with van der Waals surface area (Å²) in [6.07, 6.45) is 1.66. The van der Waals surface area contributed by atoms with Crippen molar-refractivity contribution in [3.63, 3.8) is 0 Å². The van der Waals surface area contributed by atoms with Gasteiger partial charge in [0.15, 0.2) is 4.90 Å². The molecule has 0 atom stereocenters. The first-order valence-electron chi connectivity index (χ1n) is 6.08. The van der Waals surface area contributed by atoms with Crippen molar-refractivity contribution in [2.75, 3.05) is 27.2 Å². The summed E-state index contributed by atoms with van der Waals surface area (Å²) in [6, 6.07) is 0. The standard InChI is InChI=1S/C11H20N4O4S/c1-13(2)7-5-6-12-20(18,19)9-8-14(3)11(17)15(4)10(9)16/h8,12H,5-7H2,1-4H3. The van der Waals surface area contributed by atoms with E-state index in [4.69, 9.17) is 0 Å². The summed E-state index contributed by atoms with van der Waals surface area (Å²) in [5.41, 5.74) is -1.39. The SMILES string of the molecule is CN(C)CCCNS(=O)(=O)c1cn(C)c(=O)n(C)c1=O. The first-order valence-corrected chi connectivity index (χ1v) is 7.56. The minimum absolute atomic E-state index is 0.229. The Hall–Kier alpha value is -1.45. The van der Waals surface area contributed by atoms with E-state index >= 15 is 0 Å². The van der Waals surface area contributed by atoms with Gasteiger partial charge in [-0.1, -0.05) is 0 Å². The van der Waals surface area contributed by atoms with Crippen molar-refractivity contribution in [3.05, 3.63) is 27.0 Å². The van der Waals surface area contributed by atoms with E-state index in [9.17, 15) is 18.0 Å². The summed E-state index contributed by atoms with van der Waals surface area (Å²) in [4.78, 5) is 24.9. The molecular formula is C11H20N4O4S. The van der Waals surface area contributed by atoms with Crippen molar-refractivity contribution in [2.45, 2.75) is 11.3 Å². The Morgan fingerprint density at radius 1 is 1.25 bits per heavy atom. The lowest BCUT2D eigenvalue weighted by molar-refractivity contribution is 0.400. The summed E-state index contributed by atoms with van der Waals surface area (Å²) in [5, 5.41) is 0. The van der Waals surface area contributed by atoms with Crippen LogP contribution in [0.3, 0.4) is 0 Å². The van der Waals surface area contributed by atoms with Gasteiger partial charge in [-0.05, 0) is 27.1 Å². The molecule has 0 aromatic carbocycles. The van der Waals surface area contributed by atoms with Crippen molar-refractivity contribution in [1.29, 1.82) is 0 Å². The molecule has 20 heavy (non-hydrogen) atoms. The van der Waals surface area contributed by atoms with Crippen molar-refractivity contribution in [1.82, 2.24) is 18.8 Å². The summed E-state index contributed by atoms with van der Waals surface area (Å²) < 4.78 is 28.3. The number of rotatable bonds is 6. The predicted octanol–water partition coefficient (Wildman–Crippen LogP) is -1.69. The van der Waals surface area contributed by atoms with Crippen LogP contribution in [0.2, 0.25) is 0 Å². The average Bonchev–Trinajstić information content (AvgIpc) is 2.36. The molecule has 0 saturated carbocycles. The van der Waals surface area contributed by atoms with Crippen LogP contribution in [0, 0.1) is 0 Å². The van der Waals surface area contributed by atoms with Gasteiger partial charge in [-0.15, -0.1) is 0 Å². The highest BCUT2D eigenvalue weighted by Crippen LogP contribution is 1.99. The second kappa shape index (κ2) is 6.33. The van der Waals surface area contributed by atoms with E-state index in [0.717, 1.165) is 21.9 Å². The Bertz CT molecular complexity index is 687. The molecule has 0 unspecified atom stereocenters. The molecule has 0 amide bonds. The van der Waals surface area contributed by atoms with Crippen LogP contribution in [-0.4, -0.2) is 49.6 Å². The highest BCUT2D eigenvalue weighted by Gasteiger charge is 2.20. The van der Waals surface area contributed by atoms with Crippen molar-refractivity contribution >= 4 is 10.0 Å². The van der Waals surface area contributed by atoms with Gasteiger partial charge in [-0.25, -0.2) is 17.9 Å². The van der Waals surface area contributed by atoms with E-state index in [-0.39, 0.29) is 6.54 Å². The van der Waals surface area contributed by atoms with Gasteiger partial charge in [0.05, 0.1) is 0 Å². The third-order valence-corrected chi connectivity index (χ3v) is 4.22. The van der Waals surface area contributed by atoms with Crippen LogP contribution in [-0.2, 0) is 24.1 Å². The molecule has 0 fully saturated rings. The molecule has 114 valence electrons. The molecule has 1 aromatic rings. The third-order valence-electron chi connectivity index (χ3n) is 2.78. The summed E-state index contributed by atoms with van der Waals surface area (Å²) >= 11 is 0. The molecule has 0 spiro atoms. The van der Waals surface area contributed by atoms with Crippen LogP contribution in [0.1, 0.15) is 6.42 Å². The first kappa shape index (κ1) is 16.6. The number of aryl methyl sites for hydroxylation is 1. The second-order valence-electron chi connectivity index (χ2n) is 4.81. The van der Waals surface area contributed by atoms with Gasteiger partial charge in [0.1, 0.15) is 0 Å². The quantitative estimate of drug-likeness (QED) is 0.633. The zero-order valence-corrected chi connectivity index (χ0v) is 12.9. The first-order chi connectivity index (χ1) is 9.16. The fourth-order valence-electron chi connectivity index (χ4n) is 1.64. The van der Waals surface area contributed by atoms with Crippen LogP contribution in [0.4, 0.5) is 0 Å². The van der Waals surface area contributed by atoms with E-state index in [0.29, 0.717) is 6.42 Å². The number of aromatic nitrogens is 2. The predicted molar refractivity (Wildman–Crippen MR) is 75.3 cm³/mol. The van der Waals surface area contributed by atoms with E-state index in [1.807, 2.05) is 19.0 Å². The topological polar surface area (TPSA) is 93.4 Å². The van der Waals surface area contributed by atoms with Crippen LogP contribution >= 0.6 is 0 Å². The Labute approximate surface area is 117 Å². The summed E-state index contributed by atoms with van der Waals surface area (Å²) in [7, 11) is 2.50. The van der Waals surface area contributed by atoms with E-state index < -0.39 is 26.2 Å². The number of sulfonamides is 1. The second-order valence-corrected chi connectivity index (χ2v) is 6.54. The number of hydrogen-bond acceptors (Lipinski definition) is 5. The Kier molecular flexibility index (Phi) is 5.26. The van der Waals surface area contributed by atoms with Gasteiger partial charge in [-0.2, -0.15) is 0 Å². The molecule has 8 nitrogen and oxygen atoms in total. The number of nitrogens with one attached hydrogen (secondary N) is 1. The third kappa shape index (κ3) is 3.78. The lowest BCUT2D eigenvalue weighted by Gasteiger charge is -2.11.